The van der Waals surface area contributed by atoms with E-state index < -0.39 is 11.8 Å². The Labute approximate surface area is 167 Å². The van der Waals surface area contributed by atoms with E-state index in [0.29, 0.717) is 37.4 Å². The van der Waals surface area contributed by atoms with Crippen LogP contribution in [0.4, 0.5) is 5.69 Å². The average Bonchev–Trinajstić information content (AvgIpc) is 2.71. The molecule has 1 saturated carbocycles. The largest absolute Gasteiger partial charge is 0.474 e. The molecule has 0 radical (unpaired) electrons. The van der Waals surface area contributed by atoms with Crippen molar-refractivity contribution in [2.45, 2.75) is 25.4 Å². The fourth-order valence-electron chi connectivity index (χ4n) is 2.83. The summed E-state index contributed by atoms with van der Waals surface area (Å²) in [4.78, 5) is 38.6. The zero-order valence-corrected chi connectivity index (χ0v) is 15.7. The van der Waals surface area contributed by atoms with Crippen LogP contribution in [0.1, 0.15) is 18.4 Å². The van der Waals surface area contributed by atoms with Gasteiger partial charge in [0.15, 0.2) is 0 Å². The van der Waals surface area contributed by atoms with E-state index in [4.69, 9.17) is 15.3 Å². The highest BCUT2D eigenvalue weighted by Crippen LogP contribution is 2.32. The molecule has 1 heterocycles. The molecular formula is C20H22N4O5. The van der Waals surface area contributed by atoms with Crippen molar-refractivity contribution < 1.29 is 23.9 Å². The number of carbonyl (C=O) groups is 3. The maximum absolute atomic E-state index is 12.1. The van der Waals surface area contributed by atoms with Crippen LogP contribution in [0.3, 0.4) is 0 Å². The number of hydrogen-bond donors (Lipinski definition) is 3. The molecule has 0 bridgehead atoms. The highest BCUT2D eigenvalue weighted by Gasteiger charge is 2.37. The number of amides is 2. The minimum absolute atomic E-state index is 0.113. The molecule has 3 rings (SSSR count). The highest BCUT2D eigenvalue weighted by molar-refractivity contribution is 6.39. The Morgan fingerprint density at radius 1 is 1.07 bits per heavy atom. The first-order valence-electron chi connectivity index (χ1n) is 9.20. The van der Waals surface area contributed by atoms with Gasteiger partial charge in [0.1, 0.15) is 6.10 Å². The second kappa shape index (κ2) is 9.65. The third-order valence-electron chi connectivity index (χ3n) is 4.52. The predicted molar refractivity (Wildman–Crippen MR) is 103 cm³/mol. The van der Waals surface area contributed by atoms with E-state index in [1.807, 2.05) is 30.3 Å². The molecule has 1 aliphatic carbocycles. The molecule has 2 amide bonds. The van der Waals surface area contributed by atoms with Crippen LogP contribution in [0.5, 0.6) is 5.88 Å². The summed E-state index contributed by atoms with van der Waals surface area (Å²) in [6.07, 6.45) is 3.09. The molecular weight excluding hydrogens is 376 g/mol. The van der Waals surface area contributed by atoms with Gasteiger partial charge in [-0.3, -0.25) is 19.8 Å². The van der Waals surface area contributed by atoms with Crippen LogP contribution in [0.2, 0.25) is 0 Å². The van der Waals surface area contributed by atoms with Crippen LogP contribution >= 0.6 is 0 Å². The van der Waals surface area contributed by atoms with Gasteiger partial charge in [0.05, 0.1) is 24.4 Å². The maximum Gasteiger partial charge on any atom is 0.323 e. The van der Waals surface area contributed by atoms with E-state index in [-0.39, 0.29) is 18.0 Å². The summed E-state index contributed by atoms with van der Waals surface area (Å²) >= 11 is 0. The van der Waals surface area contributed by atoms with Crippen molar-refractivity contribution in [1.82, 2.24) is 10.4 Å². The van der Waals surface area contributed by atoms with Crippen LogP contribution in [0.25, 0.3) is 0 Å². The Hall–Kier alpha value is -3.46. The summed E-state index contributed by atoms with van der Waals surface area (Å²) in [5.41, 5.74) is 3.20. The molecule has 0 saturated heterocycles. The van der Waals surface area contributed by atoms with Crippen molar-refractivity contribution in [2.75, 3.05) is 11.9 Å². The number of rotatable bonds is 7. The topological polar surface area (TPSA) is 133 Å². The second-order valence-electron chi connectivity index (χ2n) is 6.62. The molecule has 1 aromatic heterocycles. The van der Waals surface area contributed by atoms with Gasteiger partial charge in [0, 0.05) is 12.5 Å². The van der Waals surface area contributed by atoms with Gasteiger partial charge < -0.3 is 14.8 Å². The standard InChI is InChI=1S/C20H22N4O5/c21-24-19(26)18(25)23-15-6-7-17(22-12-15)29-16-10-14(11-16)20(27)28-9-8-13-4-2-1-3-5-13/h1-7,12,14,16H,8-11,21H2,(H,23,25)(H,24,26). The van der Waals surface area contributed by atoms with Gasteiger partial charge in [-0.2, -0.15) is 0 Å². The summed E-state index contributed by atoms with van der Waals surface area (Å²) in [5.74, 6) is 3.04. The maximum atomic E-state index is 12.1. The second-order valence-corrected chi connectivity index (χ2v) is 6.62. The average molecular weight is 398 g/mol. The Kier molecular flexibility index (Phi) is 6.75. The molecule has 4 N–H and O–H groups in total. The van der Waals surface area contributed by atoms with Gasteiger partial charge in [-0.15, -0.1) is 0 Å². The molecule has 29 heavy (non-hydrogen) atoms. The first-order chi connectivity index (χ1) is 14.0. The van der Waals surface area contributed by atoms with Crippen molar-refractivity contribution in [2.24, 2.45) is 11.8 Å². The van der Waals surface area contributed by atoms with E-state index in [0.717, 1.165) is 5.56 Å². The number of pyridine rings is 1. The quantitative estimate of drug-likeness (QED) is 0.208. The van der Waals surface area contributed by atoms with E-state index in [9.17, 15) is 14.4 Å². The Balaban J connectivity index is 1.36. The highest BCUT2D eigenvalue weighted by atomic mass is 16.5. The molecule has 0 spiro atoms. The third kappa shape index (κ3) is 5.76. The number of carbonyl (C=O) groups excluding carboxylic acids is 3. The van der Waals surface area contributed by atoms with Gasteiger partial charge in [-0.05, 0) is 24.5 Å². The number of anilines is 1. The lowest BCUT2D eigenvalue weighted by Gasteiger charge is -2.33. The number of nitrogens with zero attached hydrogens (tertiary/aromatic N) is 1. The van der Waals surface area contributed by atoms with E-state index in [2.05, 4.69) is 10.3 Å². The SMILES string of the molecule is NNC(=O)C(=O)Nc1ccc(OC2CC(C(=O)OCCc3ccccc3)C2)nc1. The van der Waals surface area contributed by atoms with Gasteiger partial charge in [0.2, 0.25) is 5.88 Å². The van der Waals surface area contributed by atoms with Gasteiger partial charge >= 0.3 is 17.8 Å². The number of esters is 1. The fourth-order valence-corrected chi connectivity index (χ4v) is 2.83. The number of ether oxygens (including phenoxy) is 2. The molecule has 0 atom stereocenters. The number of benzene rings is 1. The molecule has 9 nitrogen and oxygen atoms in total. The van der Waals surface area contributed by atoms with Gasteiger partial charge in [0.25, 0.3) is 0 Å². The summed E-state index contributed by atoms with van der Waals surface area (Å²) < 4.78 is 11.0. The third-order valence-corrected chi connectivity index (χ3v) is 4.52. The molecule has 0 unspecified atom stereocenters. The minimum Gasteiger partial charge on any atom is -0.474 e. The summed E-state index contributed by atoms with van der Waals surface area (Å²) in [6.45, 7) is 0.363. The monoisotopic (exact) mass is 398 g/mol. The van der Waals surface area contributed by atoms with Crippen LogP contribution in [0.15, 0.2) is 48.7 Å². The first kappa shape index (κ1) is 20.3. The van der Waals surface area contributed by atoms with E-state index >= 15 is 0 Å². The van der Waals surface area contributed by atoms with Crippen molar-refractivity contribution in [1.29, 1.82) is 0 Å². The number of hydrogen-bond acceptors (Lipinski definition) is 7. The first-order valence-corrected chi connectivity index (χ1v) is 9.20. The zero-order chi connectivity index (χ0) is 20.6. The number of aromatic nitrogens is 1. The normalized spacial score (nSPS) is 17.6. The van der Waals surface area contributed by atoms with Crippen LogP contribution < -0.4 is 21.3 Å². The van der Waals surface area contributed by atoms with Crippen molar-refractivity contribution in [3.63, 3.8) is 0 Å². The van der Waals surface area contributed by atoms with Gasteiger partial charge in [-0.25, -0.2) is 10.8 Å². The lowest BCUT2D eigenvalue weighted by Crippen LogP contribution is -2.39. The Morgan fingerprint density at radius 3 is 2.48 bits per heavy atom. The van der Waals surface area contributed by atoms with Crippen LogP contribution in [-0.4, -0.2) is 35.5 Å². The molecule has 0 aliphatic heterocycles. The predicted octanol–water partition coefficient (Wildman–Crippen LogP) is 0.953. The lowest BCUT2D eigenvalue weighted by atomic mass is 9.82. The number of nitrogens with two attached hydrogens (primary N) is 1. The van der Waals surface area contributed by atoms with Crippen molar-refractivity contribution in [3.8, 4) is 5.88 Å². The van der Waals surface area contributed by atoms with Crippen molar-refractivity contribution in [3.05, 3.63) is 54.2 Å². The lowest BCUT2D eigenvalue weighted by molar-refractivity contribution is -0.154. The van der Waals surface area contributed by atoms with E-state index in [1.54, 1.807) is 17.6 Å². The molecule has 1 fully saturated rings. The Bertz CT molecular complexity index is 851. The molecule has 152 valence electrons. The Morgan fingerprint density at radius 2 is 1.83 bits per heavy atom. The van der Waals surface area contributed by atoms with Crippen LogP contribution in [-0.2, 0) is 25.5 Å². The van der Waals surface area contributed by atoms with E-state index in [1.165, 1.54) is 6.20 Å². The zero-order valence-electron chi connectivity index (χ0n) is 15.7. The summed E-state index contributed by atoms with van der Waals surface area (Å²) in [6, 6.07) is 13.0. The molecule has 2 aromatic rings. The summed E-state index contributed by atoms with van der Waals surface area (Å²) in [5, 5.41) is 2.34. The molecule has 1 aromatic carbocycles. The summed E-state index contributed by atoms with van der Waals surface area (Å²) in [7, 11) is 0. The molecule has 9 heteroatoms. The fraction of sp³-hybridized carbons (Fsp3) is 0.300. The smallest absolute Gasteiger partial charge is 0.323 e. The number of nitrogens with one attached hydrogen (secondary N) is 2. The van der Waals surface area contributed by atoms with Gasteiger partial charge in [-0.1, -0.05) is 30.3 Å². The van der Waals surface area contributed by atoms with Crippen molar-refractivity contribution >= 4 is 23.5 Å². The molecule has 1 aliphatic rings. The minimum atomic E-state index is -0.957. The number of hydrazine groups is 1. The van der Waals surface area contributed by atoms with Crippen LogP contribution in [0, 0.1) is 5.92 Å².